The number of rotatable bonds is 15. The topological polar surface area (TPSA) is 22.1 Å². The van der Waals surface area contributed by atoms with Crippen LogP contribution in [-0.2, 0) is 10.8 Å². The average Bonchev–Trinajstić information content (AvgIpc) is 3.08. The Balaban J connectivity index is 2.57. The van der Waals surface area contributed by atoms with Crippen molar-refractivity contribution in [1.82, 2.24) is 4.98 Å². The van der Waals surface area contributed by atoms with Crippen LogP contribution < -0.4 is 4.50 Å². The summed E-state index contributed by atoms with van der Waals surface area (Å²) in [5.74, 6) is 0. The van der Waals surface area contributed by atoms with Crippen LogP contribution in [0.25, 0.3) is 0 Å². The monoisotopic (exact) mass is 547 g/mol. The average molecular weight is 549 g/mol. The van der Waals surface area contributed by atoms with Gasteiger partial charge in [0.05, 0.1) is 5.01 Å². The molecule has 0 amide bonds. The third kappa shape index (κ3) is 7.24. The van der Waals surface area contributed by atoms with Crippen molar-refractivity contribution in [2.75, 3.05) is 0 Å². The van der Waals surface area contributed by atoms with Crippen LogP contribution >= 0.6 is 27.3 Å². The molecule has 31 heavy (non-hydrogen) atoms. The number of hydrogen-bond donors (Lipinski definition) is 0. The fraction of sp³-hybridized carbons (Fsp3) is 0.880. The van der Waals surface area contributed by atoms with E-state index in [2.05, 4.69) is 85.2 Å². The van der Waals surface area contributed by atoms with Crippen molar-refractivity contribution in [3.63, 3.8) is 0 Å². The molecule has 0 aliphatic heterocycles. The van der Waals surface area contributed by atoms with E-state index in [1.54, 1.807) is 4.50 Å². The highest BCUT2D eigenvalue weighted by Gasteiger charge is 2.45. The fourth-order valence-electron chi connectivity index (χ4n) is 5.71. The minimum atomic E-state index is -1.75. The van der Waals surface area contributed by atoms with Gasteiger partial charge in [0, 0.05) is 10.6 Å². The number of nitrogens with zero attached hydrogens (tertiary/aromatic N) is 1. The zero-order chi connectivity index (χ0) is 23.8. The van der Waals surface area contributed by atoms with Crippen molar-refractivity contribution in [3.05, 3.63) is 9.61 Å². The first kappa shape index (κ1) is 29.5. The van der Waals surface area contributed by atoms with Gasteiger partial charge in [0.15, 0.2) is 0 Å². The molecule has 1 unspecified atom stereocenters. The molecule has 0 aliphatic carbocycles. The van der Waals surface area contributed by atoms with Gasteiger partial charge in [-0.05, 0) is 58.7 Å². The third-order valence-corrected chi connectivity index (χ3v) is 23.0. The van der Waals surface area contributed by atoms with Gasteiger partial charge in [-0.25, -0.2) is 4.98 Å². The summed E-state index contributed by atoms with van der Waals surface area (Å²) in [4.78, 5) is 4.91. The maximum Gasteiger partial charge on any atom is 0.200 e. The van der Waals surface area contributed by atoms with Crippen LogP contribution in [0.5, 0.6) is 0 Å². The molecule has 1 atom stereocenters. The Morgan fingerprint density at radius 3 is 1.81 bits per heavy atom. The zero-order valence-electron chi connectivity index (χ0n) is 22.1. The lowest BCUT2D eigenvalue weighted by molar-refractivity contribution is 0.178. The largest absolute Gasteiger partial charge is 0.413 e. The van der Waals surface area contributed by atoms with Gasteiger partial charge < -0.3 is 4.43 Å². The van der Waals surface area contributed by atoms with Gasteiger partial charge >= 0.3 is 0 Å². The Hall–Kier alpha value is 0.504. The Morgan fingerprint density at radius 2 is 1.35 bits per heavy atom. The van der Waals surface area contributed by atoms with Gasteiger partial charge in [-0.3, -0.25) is 0 Å². The number of aryl methyl sites for hydroxylation is 1. The summed E-state index contributed by atoms with van der Waals surface area (Å²) in [5, 5.41) is 1.34. The molecule has 0 bridgehead atoms. The highest BCUT2D eigenvalue weighted by Crippen LogP contribution is 2.43. The van der Waals surface area contributed by atoms with E-state index in [-0.39, 0.29) is 0 Å². The molecule has 0 saturated heterocycles. The second-order valence-corrected chi connectivity index (χ2v) is 23.2. The molecule has 0 fully saturated rings. The van der Waals surface area contributed by atoms with E-state index in [1.165, 1.54) is 48.8 Å². The molecular weight excluding hydrogens is 498 g/mol. The fourth-order valence-corrected chi connectivity index (χ4v) is 19.4. The molecule has 1 aromatic heterocycles. The van der Waals surface area contributed by atoms with Crippen LogP contribution in [0.1, 0.15) is 99.9 Å². The molecule has 182 valence electrons. The molecule has 0 spiro atoms. The number of aromatic nitrogens is 1. The number of thiazole rings is 1. The first-order chi connectivity index (χ1) is 14.5. The maximum absolute atomic E-state index is 6.91. The predicted molar refractivity (Wildman–Crippen MR) is 150 cm³/mol. The third-order valence-electron chi connectivity index (χ3n) is 7.76. The van der Waals surface area contributed by atoms with Crippen molar-refractivity contribution in [3.8, 4) is 0 Å². The van der Waals surface area contributed by atoms with Crippen LogP contribution in [-0.4, -0.2) is 27.5 Å². The summed E-state index contributed by atoms with van der Waals surface area (Å²) >= 11 is 5.81. The molecule has 1 heterocycles. The van der Waals surface area contributed by atoms with Gasteiger partial charge in [-0.2, -0.15) is 0 Å². The van der Waals surface area contributed by atoms with Gasteiger partial charge in [-0.1, -0.05) is 93.3 Å². The van der Waals surface area contributed by atoms with E-state index in [0.717, 1.165) is 11.0 Å². The highest BCUT2D eigenvalue weighted by molar-refractivity contribution is 9.10. The van der Waals surface area contributed by atoms with E-state index in [0.29, 0.717) is 22.7 Å². The van der Waals surface area contributed by atoms with Crippen molar-refractivity contribution in [2.24, 2.45) is 0 Å². The number of unbranched alkanes of at least 4 members (excludes halogenated alkanes) is 2. The SMILES string of the molecule is CC[Si](CC)(CC)c1sc(CCCCCC(C)O[Si](C(C)C)(C(C)C)C(C)C)nc1Br. The quantitative estimate of drug-likeness (QED) is 0.161. The van der Waals surface area contributed by atoms with E-state index in [9.17, 15) is 0 Å². The van der Waals surface area contributed by atoms with Crippen molar-refractivity contribution >= 4 is 48.2 Å². The predicted octanol–water partition coefficient (Wildman–Crippen LogP) is 9.30. The Bertz CT molecular complexity index is 613. The Kier molecular flexibility index (Phi) is 12.8. The summed E-state index contributed by atoms with van der Waals surface area (Å²) in [7, 11) is -3.10. The molecule has 0 saturated carbocycles. The first-order valence-electron chi connectivity index (χ1n) is 12.8. The number of halogens is 1. The standard InChI is InChI=1S/C25H50BrNOSSi2/c1-11-30(12-2,13-3)25-24(26)27-23(29-25)18-16-14-15-17-22(10)28-31(19(4)5,20(6)7)21(8)9/h19-22H,11-18H2,1-10H3. The molecule has 1 rings (SSSR count). The van der Waals surface area contributed by atoms with E-state index in [4.69, 9.17) is 9.41 Å². The summed E-state index contributed by atoms with van der Waals surface area (Å²) < 4.78 is 9.67. The molecular formula is C25H50BrNOSSi2. The summed E-state index contributed by atoms with van der Waals surface area (Å²) in [6, 6.07) is 3.98. The lowest BCUT2D eigenvalue weighted by Gasteiger charge is -2.44. The lowest BCUT2D eigenvalue weighted by Crippen LogP contribution is -2.49. The Morgan fingerprint density at radius 1 is 0.839 bits per heavy atom. The van der Waals surface area contributed by atoms with Crippen LogP contribution in [0.15, 0.2) is 4.60 Å². The molecule has 2 nitrogen and oxygen atoms in total. The second-order valence-electron chi connectivity index (χ2n) is 10.4. The van der Waals surface area contributed by atoms with Crippen LogP contribution in [0, 0.1) is 0 Å². The number of hydrogen-bond acceptors (Lipinski definition) is 3. The maximum atomic E-state index is 6.91. The van der Waals surface area contributed by atoms with Crippen molar-refractivity contribution < 1.29 is 4.43 Å². The van der Waals surface area contributed by atoms with E-state index < -0.39 is 16.4 Å². The van der Waals surface area contributed by atoms with Gasteiger partial charge in [0.2, 0.25) is 8.32 Å². The van der Waals surface area contributed by atoms with E-state index >= 15 is 0 Å². The summed E-state index contributed by atoms with van der Waals surface area (Å²) in [6.45, 7) is 23.7. The second kappa shape index (κ2) is 13.4. The zero-order valence-corrected chi connectivity index (χ0v) is 26.5. The summed E-state index contributed by atoms with van der Waals surface area (Å²) in [5.41, 5.74) is 1.99. The normalized spacial score (nSPS) is 14.3. The molecule has 1 aromatic rings. The molecule has 0 N–H and O–H groups in total. The smallest absolute Gasteiger partial charge is 0.200 e. The van der Waals surface area contributed by atoms with Crippen molar-refractivity contribution in [1.29, 1.82) is 0 Å². The van der Waals surface area contributed by atoms with E-state index in [1.807, 2.05) is 11.3 Å². The van der Waals surface area contributed by atoms with Crippen LogP contribution in [0.4, 0.5) is 0 Å². The highest BCUT2D eigenvalue weighted by atomic mass is 79.9. The van der Waals surface area contributed by atoms with Gasteiger partial charge in [0.1, 0.15) is 12.7 Å². The van der Waals surface area contributed by atoms with Gasteiger partial charge in [-0.15, -0.1) is 11.3 Å². The van der Waals surface area contributed by atoms with Crippen LogP contribution in [0.2, 0.25) is 34.8 Å². The summed E-state index contributed by atoms with van der Waals surface area (Å²) in [6.07, 6.45) is 6.47. The van der Waals surface area contributed by atoms with Crippen molar-refractivity contribution in [2.45, 2.75) is 142 Å². The lowest BCUT2D eigenvalue weighted by atomic mass is 10.1. The molecule has 6 heteroatoms. The molecule has 0 aliphatic rings. The van der Waals surface area contributed by atoms with Crippen LogP contribution in [0.3, 0.4) is 0 Å². The minimum Gasteiger partial charge on any atom is -0.413 e. The molecule has 0 radical (unpaired) electrons. The van der Waals surface area contributed by atoms with Gasteiger partial charge in [0.25, 0.3) is 0 Å². The minimum absolute atomic E-state index is 0.379. The first-order valence-corrected chi connectivity index (χ1v) is 19.2. The Labute approximate surface area is 208 Å². The molecule has 0 aromatic carbocycles.